The number of carbonyl (C=O) groups excluding carboxylic acids is 1. The van der Waals surface area contributed by atoms with Crippen LogP contribution in [0.4, 0.5) is 5.88 Å². The normalized spacial score (nSPS) is 12.8. The first-order valence-corrected chi connectivity index (χ1v) is 11.3. The van der Waals surface area contributed by atoms with Crippen molar-refractivity contribution in [3.05, 3.63) is 44.7 Å². The molecular formula is C18H15ClN2O7S2. The first-order chi connectivity index (χ1) is 14.3. The van der Waals surface area contributed by atoms with E-state index in [1.54, 1.807) is 19.1 Å². The van der Waals surface area contributed by atoms with Crippen molar-refractivity contribution < 1.29 is 31.9 Å². The van der Waals surface area contributed by atoms with E-state index in [1.165, 1.54) is 18.6 Å². The van der Waals surface area contributed by atoms with Crippen LogP contribution in [0.3, 0.4) is 0 Å². The van der Waals surface area contributed by atoms with Gasteiger partial charge in [0.25, 0.3) is 15.9 Å². The van der Waals surface area contributed by atoms with Crippen LogP contribution in [0.2, 0.25) is 5.02 Å². The zero-order valence-electron chi connectivity index (χ0n) is 15.7. The van der Waals surface area contributed by atoms with E-state index in [0.29, 0.717) is 28.5 Å². The quantitative estimate of drug-likeness (QED) is 0.520. The second kappa shape index (κ2) is 7.82. The van der Waals surface area contributed by atoms with Crippen LogP contribution in [-0.2, 0) is 16.4 Å². The highest BCUT2D eigenvalue weighted by molar-refractivity contribution is 7.93. The summed E-state index contributed by atoms with van der Waals surface area (Å²) in [5, 5.41) is 5.18. The van der Waals surface area contributed by atoms with Gasteiger partial charge in [-0.1, -0.05) is 16.8 Å². The Morgan fingerprint density at radius 3 is 2.73 bits per heavy atom. The number of rotatable bonds is 7. The van der Waals surface area contributed by atoms with Crippen molar-refractivity contribution in [3.8, 4) is 17.2 Å². The molecule has 1 N–H and O–H groups in total. The van der Waals surface area contributed by atoms with Gasteiger partial charge in [-0.25, -0.2) is 13.1 Å². The van der Waals surface area contributed by atoms with Crippen LogP contribution >= 0.6 is 22.9 Å². The summed E-state index contributed by atoms with van der Waals surface area (Å²) in [6, 6.07) is 4.62. The van der Waals surface area contributed by atoms with Crippen LogP contribution in [0.25, 0.3) is 0 Å². The van der Waals surface area contributed by atoms with Gasteiger partial charge in [0.15, 0.2) is 17.3 Å². The van der Waals surface area contributed by atoms with Crippen LogP contribution < -0.4 is 18.9 Å². The smallest absolute Gasteiger partial charge is 0.265 e. The lowest BCUT2D eigenvalue weighted by Crippen LogP contribution is -2.16. The summed E-state index contributed by atoms with van der Waals surface area (Å²) in [4.78, 5) is 12.8. The minimum absolute atomic E-state index is 0.0479. The molecule has 30 heavy (non-hydrogen) atoms. The number of benzene rings is 1. The van der Waals surface area contributed by atoms with Crippen molar-refractivity contribution in [1.29, 1.82) is 0 Å². The van der Waals surface area contributed by atoms with Crippen LogP contribution in [-0.4, -0.2) is 33.3 Å². The number of aryl methyl sites for hydroxylation is 1. The topological polar surface area (TPSA) is 117 Å². The largest absolute Gasteiger partial charge is 0.496 e. The third kappa shape index (κ3) is 3.71. The number of Topliss-reactive ketones (excluding diaryl/α,β-unsaturated/α-hetero) is 1. The van der Waals surface area contributed by atoms with E-state index in [9.17, 15) is 13.2 Å². The number of carbonyl (C=O) groups is 1. The van der Waals surface area contributed by atoms with E-state index in [0.717, 1.165) is 11.3 Å². The molecule has 0 saturated carbocycles. The molecule has 0 radical (unpaired) electrons. The fourth-order valence-electron chi connectivity index (χ4n) is 2.86. The number of hydrogen-bond acceptors (Lipinski definition) is 9. The first-order valence-electron chi connectivity index (χ1n) is 8.52. The van der Waals surface area contributed by atoms with Crippen molar-refractivity contribution in [1.82, 2.24) is 5.16 Å². The number of sulfonamides is 1. The lowest BCUT2D eigenvalue weighted by Gasteiger charge is -2.10. The molecule has 0 fully saturated rings. The molecule has 12 heteroatoms. The van der Waals surface area contributed by atoms with Crippen molar-refractivity contribution in [2.45, 2.75) is 18.2 Å². The maximum Gasteiger partial charge on any atom is 0.265 e. The Labute approximate surface area is 180 Å². The standard InChI is InChI=1S/C18H15ClN2O7S2/c1-9-16(19)18(28-20-9)21-30(23,24)15-3-4-29-17(15)11(22)5-10-6-13-14(27-8-26-13)7-12(10)25-2/h3-4,6-7,21H,5,8H2,1-2H3. The summed E-state index contributed by atoms with van der Waals surface area (Å²) < 4.78 is 48.7. The van der Waals surface area contributed by atoms with Crippen molar-refractivity contribution in [2.24, 2.45) is 0 Å². The average Bonchev–Trinajstić information content (AvgIpc) is 3.44. The van der Waals surface area contributed by atoms with E-state index in [4.69, 9.17) is 30.3 Å². The Bertz CT molecular complexity index is 1230. The van der Waals surface area contributed by atoms with Gasteiger partial charge in [0.1, 0.15) is 21.4 Å². The number of hydrogen-bond donors (Lipinski definition) is 1. The van der Waals surface area contributed by atoms with Gasteiger partial charge in [-0.15, -0.1) is 11.3 Å². The number of thiophene rings is 1. The predicted octanol–water partition coefficient (Wildman–Crippen LogP) is 3.66. The van der Waals surface area contributed by atoms with Gasteiger partial charge in [-0.2, -0.15) is 0 Å². The number of nitrogens with zero attached hydrogens (tertiary/aromatic N) is 1. The first kappa shape index (κ1) is 20.5. The van der Waals surface area contributed by atoms with Gasteiger partial charge in [0.2, 0.25) is 6.79 Å². The fourth-order valence-corrected chi connectivity index (χ4v) is 5.42. The highest BCUT2D eigenvalue weighted by Crippen LogP contribution is 2.39. The molecule has 0 bridgehead atoms. The third-order valence-electron chi connectivity index (χ3n) is 4.32. The molecule has 1 aliphatic rings. The lowest BCUT2D eigenvalue weighted by molar-refractivity contribution is 0.0993. The summed E-state index contributed by atoms with van der Waals surface area (Å²) in [5.74, 6) is 0.842. The summed E-state index contributed by atoms with van der Waals surface area (Å²) in [6.45, 7) is 1.65. The van der Waals surface area contributed by atoms with Crippen LogP contribution in [0.5, 0.6) is 17.2 Å². The number of halogens is 1. The molecule has 0 atom stereocenters. The fraction of sp³-hybridized carbons (Fsp3) is 0.222. The molecule has 0 saturated heterocycles. The molecule has 0 aliphatic carbocycles. The van der Waals surface area contributed by atoms with Gasteiger partial charge < -0.3 is 18.7 Å². The van der Waals surface area contributed by atoms with Crippen molar-refractivity contribution >= 4 is 44.6 Å². The number of fused-ring (bicyclic) bond motifs is 1. The van der Waals surface area contributed by atoms with Crippen LogP contribution in [0.15, 0.2) is 33.0 Å². The molecule has 0 spiro atoms. The molecule has 0 unspecified atom stereocenters. The zero-order chi connectivity index (χ0) is 21.5. The van der Waals surface area contributed by atoms with E-state index in [1.807, 2.05) is 0 Å². The Balaban J connectivity index is 1.62. The molecule has 0 amide bonds. The Kier molecular flexibility index (Phi) is 5.35. The molecule has 3 heterocycles. The molecule has 9 nitrogen and oxygen atoms in total. The highest BCUT2D eigenvalue weighted by atomic mass is 35.5. The number of anilines is 1. The third-order valence-corrected chi connectivity index (χ3v) is 7.22. The number of methoxy groups -OCH3 is 1. The Morgan fingerprint density at radius 1 is 1.33 bits per heavy atom. The summed E-state index contributed by atoms with van der Waals surface area (Å²) in [6.07, 6.45) is -0.0922. The number of ketones is 1. The molecular weight excluding hydrogens is 456 g/mol. The summed E-state index contributed by atoms with van der Waals surface area (Å²) >= 11 is 7.00. The average molecular weight is 471 g/mol. The number of nitrogens with one attached hydrogen (secondary N) is 1. The summed E-state index contributed by atoms with van der Waals surface area (Å²) in [7, 11) is -2.66. The second-order valence-electron chi connectivity index (χ2n) is 6.25. The molecule has 3 aromatic rings. The van der Waals surface area contributed by atoms with Gasteiger partial charge >= 0.3 is 0 Å². The zero-order valence-corrected chi connectivity index (χ0v) is 18.1. The maximum atomic E-state index is 13.0. The Morgan fingerprint density at radius 2 is 2.07 bits per heavy atom. The van der Waals surface area contributed by atoms with E-state index in [2.05, 4.69) is 9.88 Å². The number of aromatic nitrogens is 1. The monoisotopic (exact) mass is 470 g/mol. The second-order valence-corrected chi connectivity index (χ2v) is 9.19. The van der Waals surface area contributed by atoms with Gasteiger partial charge in [-0.3, -0.25) is 4.79 Å². The van der Waals surface area contributed by atoms with Gasteiger partial charge in [0.05, 0.1) is 12.0 Å². The predicted molar refractivity (Wildman–Crippen MR) is 109 cm³/mol. The molecule has 1 aliphatic heterocycles. The minimum Gasteiger partial charge on any atom is -0.496 e. The number of ether oxygens (including phenoxy) is 3. The highest BCUT2D eigenvalue weighted by Gasteiger charge is 2.28. The van der Waals surface area contributed by atoms with Crippen LogP contribution in [0.1, 0.15) is 20.9 Å². The van der Waals surface area contributed by atoms with Crippen molar-refractivity contribution in [3.63, 3.8) is 0 Å². The maximum absolute atomic E-state index is 13.0. The Hall–Kier alpha value is -2.76. The van der Waals surface area contributed by atoms with E-state index >= 15 is 0 Å². The van der Waals surface area contributed by atoms with Crippen LogP contribution in [0, 0.1) is 6.92 Å². The molecule has 2 aromatic heterocycles. The lowest BCUT2D eigenvalue weighted by atomic mass is 10.1. The summed E-state index contributed by atoms with van der Waals surface area (Å²) in [5.41, 5.74) is 0.885. The molecule has 158 valence electrons. The minimum atomic E-state index is -4.13. The van der Waals surface area contributed by atoms with Gasteiger partial charge in [0, 0.05) is 18.1 Å². The van der Waals surface area contributed by atoms with Gasteiger partial charge in [-0.05, 0) is 24.4 Å². The van der Waals surface area contributed by atoms with E-state index < -0.39 is 15.8 Å². The molecule has 4 rings (SSSR count). The SMILES string of the molecule is COc1cc2c(cc1CC(=O)c1sccc1S(=O)(=O)Nc1onc(C)c1Cl)OCO2. The van der Waals surface area contributed by atoms with E-state index in [-0.39, 0.29) is 33.9 Å². The molecule has 1 aromatic carbocycles. The van der Waals surface area contributed by atoms with Crippen molar-refractivity contribution in [2.75, 3.05) is 18.6 Å².